The van der Waals surface area contributed by atoms with Crippen molar-refractivity contribution in [2.75, 3.05) is 6.54 Å². The molecule has 0 bridgehead atoms. The van der Waals surface area contributed by atoms with E-state index >= 15 is 0 Å². The summed E-state index contributed by atoms with van der Waals surface area (Å²) in [4.78, 5) is 16.8. The Morgan fingerprint density at radius 2 is 2.00 bits per heavy atom. The second kappa shape index (κ2) is 6.98. The summed E-state index contributed by atoms with van der Waals surface area (Å²) < 4.78 is 2.01. The molecule has 4 nitrogen and oxygen atoms in total. The lowest BCUT2D eigenvalue weighted by molar-refractivity contribution is -0.121. The Morgan fingerprint density at radius 3 is 2.67 bits per heavy atom. The quantitative estimate of drug-likeness (QED) is 0.833. The van der Waals surface area contributed by atoms with Crippen molar-refractivity contribution in [2.24, 2.45) is 5.92 Å². The van der Waals surface area contributed by atoms with E-state index in [2.05, 4.69) is 38.0 Å². The van der Waals surface area contributed by atoms with Crippen LogP contribution in [0.15, 0.2) is 29.4 Å². The molecule has 0 aliphatic rings. The van der Waals surface area contributed by atoms with Gasteiger partial charge in [-0.05, 0) is 18.1 Å². The van der Waals surface area contributed by atoms with E-state index in [4.69, 9.17) is 0 Å². The molecule has 1 aromatic heterocycles. The first kappa shape index (κ1) is 15.9. The number of carbonyl (C=O) groups excluding carboxylic acids is 1. The summed E-state index contributed by atoms with van der Waals surface area (Å²) >= 11 is 1.69. The number of nitrogens with one attached hydrogen (secondary N) is 1. The molecule has 1 amide bonds. The smallest absolute Gasteiger partial charge is 0.240 e. The highest BCUT2D eigenvalue weighted by molar-refractivity contribution is 7.99. The molecule has 114 valence electrons. The van der Waals surface area contributed by atoms with Gasteiger partial charge < -0.3 is 9.88 Å². The Kier molecular flexibility index (Phi) is 5.28. The zero-order valence-corrected chi connectivity index (χ0v) is 13.9. The number of hydrogen-bond donors (Lipinski definition) is 1. The molecule has 0 aliphatic heterocycles. The van der Waals surface area contributed by atoms with Gasteiger partial charge in [-0.1, -0.05) is 51.6 Å². The molecule has 0 atom stereocenters. The van der Waals surface area contributed by atoms with E-state index < -0.39 is 0 Å². The maximum Gasteiger partial charge on any atom is 0.240 e. The van der Waals surface area contributed by atoms with Crippen LogP contribution in [0.25, 0.3) is 11.0 Å². The number of thioether (sulfide) groups is 1. The Labute approximate surface area is 130 Å². The van der Waals surface area contributed by atoms with Gasteiger partial charge in [-0.15, -0.1) is 0 Å². The van der Waals surface area contributed by atoms with Crippen LogP contribution >= 0.6 is 11.8 Å². The number of amides is 1. The fraction of sp³-hybridized carbons (Fsp3) is 0.500. The van der Waals surface area contributed by atoms with Gasteiger partial charge in [0.25, 0.3) is 0 Å². The number of hydrogen-bond acceptors (Lipinski definition) is 3. The summed E-state index contributed by atoms with van der Waals surface area (Å²) in [6, 6.07) is 7.96. The second-order valence-corrected chi connectivity index (χ2v) is 7.38. The van der Waals surface area contributed by atoms with Crippen molar-refractivity contribution < 1.29 is 4.79 Å². The first-order chi connectivity index (χ1) is 9.97. The molecule has 0 unspecified atom stereocenters. The van der Waals surface area contributed by atoms with E-state index in [1.165, 1.54) is 0 Å². The molecule has 21 heavy (non-hydrogen) atoms. The van der Waals surface area contributed by atoms with Gasteiger partial charge in [-0.2, -0.15) is 0 Å². The Morgan fingerprint density at radius 1 is 1.29 bits per heavy atom. The first-order valence-electron chi connectivity index (χ1n) is 7.36. The zero-order valence-electron chi connectivity index (χ0n) is 13.1. The summed E-state index contributed by atoms with van der Waals surface area (Å²) in [5, 5.41) is 4.31. The predicted octanol–water partition coefficient (Wildman–Crippen LogP) is 3.31. The Hall–Kier alpha value is -1.49. The lowest BCUT2D eigenvalue weighted by Gasteiger charge is -2.11. The maximum atomic E-state index is 12.1. The highest BCUT2D eigenvalue weighted by Crippen LogP contribution is 2.26. The summed E-state index contributed by atoms with van der Waals surface area (Å²) in [6.07, 6.45) is 0. The van der Waals surface area contributed by atoms with Gasteiger partial charge >= 0.3 is 0 Å². The van der Waals surface area contributed by atoms with Gasteiger partial charge in [0.2, 0.25) is 5.91 Å². The van der Waals surface area contributed by atoms with Crippen molar-refractivity contribution in [2.45, 2.75) is 44.6 Å². The van der Waals surface area contributed by atoms with Crippen molar-refractivity contribution in [1.29, 1.82) is 0 Å². The van der Waals surface area contributed by atoms with Crippen LogP contribution < -0.4 is 5.32 Å². The van der Waals surface area contributed by atoms with Crippen LogP contribution in [0.2, 0.25) is 0 Å². The fourth-order valence-corrected chi connectivity index (χ4v) is 2.89. The van der Waals surface area contributed by atoms with Gasteiger partial charge in [0.05, 0.1) is 11.0 Å². The summed E-state index contributed by atoms with van der Waals surface area (Å²) in [5.41, 5.74) is 1.96. The normalized spacial score (nSPS) is 11.5. The lowest BCUT2D eigenvalue weighted by atomic mass is 10.2. The standard InChI is InChI=1S/C16H23N3OS/c1-11(2)9-17-15(20)10-19-14-8-6-5-7-13(14)18-16(19)21-12(3)4/h5-8,11-12H,9-10H2,1-4H3,(H,17,20). The van der Waals surface area contributed by atoms with Gasteiger partial charge in [-0.3, -0.25) is 4.79 Å². The van der Waals surface area contributed by atoms with E-state index in [-0.39, 0.29) is 5.91 Å². The molecule has 0 spiro atoms. The van der Waals surface area contributed by atoms with Crippen molar-refractivity contribution in [1.82, 2.24) is 14.9 Å². The number of imidazole rings is 1. The van der Waals surface area contributed by atoms with E-state index in [9.17, 15) is 4.79 Å². The summed E-state index contributed by atoms with van der Waals surface area (Å²) in [6.45, 7) is 9.47. The number of fused-ring (bicyclic) bond motifs is 1. The maximum absolute atomic E-state index is 12.1. The minimum atomic E-state index is 0.0393. The highest BCUT2D eigenvalue weighted by Gasteiger charge is 2.15. The van der Waals surface area contributed by atoms with Gasteiger partial charge in [0, 0.05) is 11.8 Å². The minimum Gasteiger partial charge on any atom is -0.354 e. The SMILES string of the molecule is CC(C)CNC(=O)Cn1c(SC(C)C)nc2ccccc21. The zero-order chi connectivity index (χ0) is 15.4. The molecule has 2 rings (SSSR count). The third-order valence-electron chi connectivity index (χ3n) is 2.97. The average molecular weight is 305 g/mol. The summed E-state index contributed by atoms with van der Waals surface area (Å²) in [5.74, 6) is 0.496. The topological polar surface area (TPSA) is 46.9 Å². The van der Waals surface area contributed by atoms with Crippen LogP contribution in [0.3, 0.4) is 0 Å². The van der Waals surface area contributed by atoms with Crippen LogP contribution in [0.4, 0.5) is 0 Å². The number of para-hydroxylation sites is 2. The number of nitrogens with zero attached hydrogens (tertiary/aromatic N) is 2. The van der Waals surface area contributed by atoms with Gasteiger partial charge in [0.15, 0.2) is 5.16 Å². The van der Waals surface area contributed by atoms with Crippen molar-refractivity contribution in [3.63, 3.8) is 0 Å². The van der Waals surface area contributed by atoms with Crippen LogP contribution in [-0.4, -0.2) is 27.3 Å². The molecular formula is C16H23N3OS. The number of aromatic nitrogens is 2. The van der Waals surface area contributed by atoms with Crippen LogP contribution in [0, 0.1) is 5.92 Å². The molecular weight excluding hydrogens is 282 g/mol. The molecule has 0 fully saturated rings. The Bertz CT molecular complexity index is 619. The third kappa shape index (κ3) is 4.24. The molecule has 0 saturated carbocycles. The number of benzene rings is 1. The van der Waals surface area contributed by atoms with E-state index in [1.54, 1.807) is 11.8 Å². The lowest BCUT2D eigenvalue weighted by Crippen LogP contribution is -2.30. The molecule has 1 aromatic carbocycles. The molecule has 0 radical (unpaired) electrons. The summed E-state index contributed by atoms with van der Waals surface area (Å²) in [7, 11) is 0. The minimum absolute atomic E-state index is 0.0393. The molecule has 1 N–H and O–H groups in total. The number of carbonyl (C=O) groups is 1. The van der Waals surface area contributed by atoms with Crippen LogP contribution in [0.1, 0.15) is 27.7 Å². The second-order valence-electron chi connectivity index (χ2n) is 5.83. The van der Waals surface area contributed by atoms with Crippen molar-refractivity contribution >= 4 is 28.7 Å². The van der Waals surface area contributed by atoms with Crippen LogP contribution in [0.5, 0.6) is 0 Å². The van der Waals surface area contributed by atoms with Gasteiger partial charge in [0.1, 0.15) is 6.54 Å². The van der Waals surface area contributed by atoms with E-state index in [0.717, 1.165) is 16.2 Å². The molecule has 0 aliphatic carbocycles. The monoisotopic (exact) mass is 305 g/mol. The highest BCUT2D eigenvalue weighted by atomic mass is 32.2. The van der Waals surface area contributed by atoms with E-state index in [0.29, 0.717) is 24.3 Å². The first-order valence-corrected chi connectivity index (χ1v) is 8.24. The molecule has 2 aromatic rings. The largest absolute Gasteiger partial charge is 0.354 e. The van der Waals surface area contributed by atoms with Gasteiger partial charge in [-0.25, -0.2) is 4.98 Å². The van der Waals surface area contributed by atoms with E-state index in [1.807, 2.05) is 28.8 Å². The molecule has 5 heteroatoms. The third-order valence-corrected chi connectivity index (χ3v) is 3.96. The van der Waals surface area contributed by atoms with Crippen molar-refractivity contribution in [3.8, 4) is 0 Å². The molecule has 0 saturated heterocycles. The Balaban J connectivity index is 2.25. The fourth-order valence-electron chi connectivity index (χ4n) is 2.02. The predicted molar refractivity (Wildman–Crippen MR) is 88.6 cm³/mol. The average Bonchev–Trinajstić information content (AvgIpc) is 2.74. The number of rotatable bonds is 6. The van der Waals surface area contributed by atoms with Crippen molar-refractivity contribution in [3.05, 3.63) is 24.3 Å². The molecule has 1 heterocycles. The van der Waals surface area contributed by atoms with Crippen LogP contribution in [-0.2, 0) is 11.3 Å².